The van der Waals surface area contributed by atoms with Gasteiger partial charge in [0.2, 0.25) is 0 Å². The lowest BCUT2D eigenvalue weighted by Crippen LogP contribution is -1.97. The van der Waals surface area contributed by atoms with E-state index >= 15 is 0 Å². The van der Waals surface area contributed by atoms with Crippen molar-refractivity contribution in [3.63, 3.8) is 0 Å². The van der Waals surface area contributed by atoms with E-state index in [1.54, 1.807) is 25.2 Å². The molecule has 3 aromatic rings. The number of nitriles is 1. The second-order valence-corrected chi connectivity index (χ2v) is 7.69. The fourth-order valence-corrected chi connectivity index (χ4v) is 3.33. The summed E-state index contributed by atoms with van der Waals surface area (Å²) in [6.07, 6.45) is 1.13. The van der Waals surface area contributed by atoms with Crippen LogP contribution in [0.3, 0.4) is 0 Å². The Hall–Kier alpha value is -3.18. The second-order valence-electron chi connectivity index (χ2n) is 5.67. The van der Waals surface area contributed by atoms with Crippen molar-refractivity contribution in [1.82, 2.24) is 10.2 Å². The van der Waals surface area contributed by atoms with E-state index in [9.17, 15) is 18.1 Å². The molecule has 6 nitrogen and oxygen atoms in total. The summed E-state index contributed by atoms with van der Waals surface area (Å²) in [4.78, 5) is 0.195. The van der Waals surface area contributed by atoms with E-state index in [2.05, 4.69) is 15.5 Å². The smallest absolute Gasteiger partial charge is 0.175 e. The summed E-state index contributed by atoms with van der Waals surface area (Å²) in [5.41, 5.74) is 3.01. The maximum atomic E-state index is 13.6. The minimum Gasteiger partial charge on any atom is -0.388 e. The van der Waals surface area contributed by atoms with Gasteiger partial charge in [-0.3, -0.25) is 5.10 Å². The molecule has 0 saturated heterocycles. The highest BCUT2D eigenvalue weighted by Crippen LogP contribution is 2.37. The third-order valence-electron chi connectivity index (χ3n) is 3.96. The number of H-pyrrole nitrogens is 1. The SMILES string of the molecule is CNc1cc(F)ccc1-c1c(C#N)n[nH]c1-c1ccc(S(C)(=O)=O)cc1. The average molecular weight is 370 g/mol. The fraction of sp³-hybridized carbons (Fsp3) is 0.111. The first-order valence-electron chi connectivity index (χ1n) is 7.61. The zero-order chi connectivity index (χ0) is 18.9. The maximum Gasteiger partial charge on any atom is 0.175 e. The van der Waals surface area contributed by atoms with E-state index in [4.69, 9.17) is 0 Å². The number of aromatic amines is 1. The van der Waals surface area contributed by atoms with Crippen LogP contribution in [0.15, 0.2) is 47.4 Å². The number of rotatable bonds is 4. The van der Waals surface area contributed by atoms with Gasteiger partial charge < -0.3 is 5.32 Å². The fourth-order valence-electron chi connectivity index (χ4n) is 2.70. The molecule has 2 N–H and O–H groups in total. The number of benzene rings is 2. The summed E-state index contributed by atoms with van der Waals surface area (Å²) in [7, 11) is -1.65. The van der Waals surface area contributed by atoms with Crippen molar-refractivity contribution in [2.45, 2.75) is 4.90 Å². The first-order valence-corrected chi connectivity index (χ1v) is 9.51. The Bertz CT molecular complexity index is 1110. The number of hydrogen-bond acceptors (Lipinski definition) is 5. The third kappa shape index (κ3) is 3.17. The molecule has 0 bridgehead atoms. The number of nitrogens with zero attached hydrogens (tertiary/aromatic N) is 2. The van der Waals surface area contributed by atoms with Gasteiger partial charge in [-0.15, -0.1) is 0 Å². The van der Waals surface area contributed by atoms with E-state index in [1.807, 2.05) is 6.07 Å². The van der Waals surface area contributed by atoms with E-state index in [0.717, 1.165) is 6.26 Å². The van der Waals surface area contributed by atoms with E-state index in [-0.39, 0.29) is 10.6 Å². The van der Waals surface area contributed by atoms with Crippen LogP contribution in [0.1, 0.15) is 5.69 Å². The minimum absolute atomic E-state index is 0.162. The van der Waals surface area contributed by atoms with Gasteiger partial charge >= 0.3 is 0 Å². The quantitative estimate of drug-likeness (QED) is 0.735. The van der Waals surface area contributed by atoms with Gasteiger partial charge in [-0.1, -0.05) is 12.1 Å². The van der Waals surface area contributed by atoms with Gasteiger partial charge in [0.05, 0.1) is 10.6 Å². The van der Waals surface area contributed by atoms with Gasteiger partial charge in [0, 0.05) is 35.7 Å². The highest BCUT2D eigenvalue weighted by molar-refractivity contribution is 7.90. The lowest BCUT2D eigenvalue weighted by Gasteiger charge is -2.11. The number of halogens is 1. The van der Waals surface area contributed by atoms with Gasteiger partial charge in [-0.2, -0.15) is 10.4 Å². The molecule has 1 heterocycles. The van der Waals surface area contributed by atoms with Gasteiger partial charge in [0.25, 0.3) is 0 Å². The summed E-state index contributed by atoms with van der Waals surface area (Å²) in [6.45, 7) is 0. The number of hydrogen-bond donors (Lipinski definition) is 2. The van der Waals surface area contributed by atoms with Crippen LogP contribution in [-0.4, -0.2) is 31.9 Å². The predicted molar refractivity (Wildman–Crippen MR) is 96.8 cm³/mol. The second kappa shape index (κ2) is 6.61. The van der Waals surface area contributed by atoms with Crippen molar-refractivity contribution in [1.29, 1.82) is 5.26 Å². The van der Waals surface area contributed by atoms with Crippen LogP contribution in [0.4, 0.5) is 10.1 Å². The molecule has 132 valence electrons. The molecule has 3 rings (SSSR count). The molecule has 0 aliphatic carbocycles. The Morgan fingerprint density at radius 2 is 1.88 bits per heavy atom. The zero-order valence-corrected chi connectivity index (χ0v) is 14.9. The Kier molecular flexibility index (Phi) is 4.49. The van der Waals surface area contributed by atoms with Crippen LogP contribution in [0.5, 0.6) is 0 Å². The lowest BCUT2D eigenvalue weighted by molar-refractivity contribution is 0.602. The van der Waals surface area contributed by atoms with Crippen LogP contribution >= 0.6 is 0 Å². The Balaban J connectivity index is 2.20. The van der Waals surface area contributed by atoms with E-state index in [0.29, 0.717) is 28.1 Å². The van der Waals surface area contributed by atoms with Gasteiger partial charge in [-0.25, -0.2) is 12.8 Å². The van der Waals surface area contributed by atoms with Crippen molar-refractivity contribution < 1.29 is 12.8 Å². The summed E-state index contributed by atoms with van der Waals surface area (Å²) < 4.78 is 36.8. The summed E-state index contributed by atoms with van der Waals surface area (Å²) in [6, 6.07) is 12.5. The molecule has 0 spiro atoms. The van der Waals surface area contributed by atoms with Gasteiger partial charge in [0.15, 0.2) is 15.5 Å². The van der Waals surface area contributed by atoms with E-state index in [1.165, 1.54) is 24.3 Å². The highest BCUT2D eigenvalue weighted by atomic mass is 32.2. The highest BCUT2D eigenvalue weighted by Gasteiger charge is 2.20. The molecule has 0 fully saturated rings. The largest absolute Gasteiger partial charge is 0.388 e. The average Bonchev–Trinajstić information content (AvgIpc) is 3.04. The molecule has 0 saturated carbocycles. The number of aromatic nitrogens is 2. The molecule has 1 aromatic heterocycles. The first kappa shape index (κ1) is 17.6. The van der Waals surface area contributed by atoms with Crippen molar-refractivity contribution >= 4 is 15.5 Å². The number of anilines is 1. The van der Waals surface area contributed by atoms with Crippen molar-refractivity contribution in [3.8, 4) is 28.5 Å². The summed E-state index contributed by atoms with van der Waals surface area (Å²) >= 11 is 0. The zero-order valence-electron chi connectivity index (χ0n) is 14.0. The third-order valence-corrected chi connectivity index (χ3v) is 5.09. The van der Waals surface area contributed by atoms with Crippen LogP contribution in [0.25, 0.3) is 22.4 Å². The van der Waals surface area contributed by atoms with Crippen molar-refractivity contribution in [3.05, 3.63) is 54.0 Å². The van der Waals surface area contributed by atoms with Crippen LogP contribution in [0, 0.1) is 17.1 Å². The molecule has 0 aliphatic rings. The topological polar surface area (TPSA) is 98.6 Å². The predicted octanol–water partition coefficient (Wildman–Crippen LogP) is 3.20. The number of sulfone groups is 1. The molecule has 2 aromatic carbocycles. The van der Waals surface area contributed by atoms with Crippen molar-refractivity contribution in [2.24, 2.45) is 0 Å². The van der Waals surface area contributed by atoms with Crippen LogP contribution < -0.4 is 5.32 Å². The number of nitrogens with one attached hydrogen (secondary N) is 2. The lowest BCUT2D eigenvalue weighted by atomic mass is 9.97. The molecule has 0 aliphatic heterocycles. The molecular formula is C18H15FN4O2S. The van der Waals surface area contributed by atoms with Crippen LogP contribution in [0.2, 0.25) is 0 Å². The maximum absolute atomic E-state index is 13.6. The standard InChI is InChI=1S/C18H15FN4O2S/c1-21-15-9-12(19)5-8-14(15)17-16(10-20)22-23-18(17)11-3-6-13(7-4-11)26(2,24)25/h3-9,21H,1-2H3,(H,22,23). The van der Waals surface area contributed by atoms with Crippen molar-refractivity contribution in [2.75, 3.05) is 18.6 Å². The Morgan fingerprint density at radius 1 is 1.19 bits per heavy atom. The summed E-state index contributed by atoms with van der Waals surface area (Å²) in [5, 5.41) is 19.2. The van der Waals surface area contributed by atoms with Gasteiger partial charge in [0.1, 0.15) is 11.9 Å². The minimum atomic E-state index is -3.31. The molecule has 8 heteroatoms. The Labute approximate surface area is 150 Å². The first-order chi connectivity index (χ1) is 12.3. The van der Waals surface area contributed by atoms with Gasteiger partial charge in [-0.05, 0) is 30.3 Å². The van der Waals surface area contributed by atoms with Crippen LogP contribution in [-0.2, 0) is 9.84 Å². The van der Waals surface area contributed by atoms with E-state index < -0.39 is 15.7 Å². The normalized spacial score (nSPS) is 11.2. The monoisotopic (exact) mass is 370 g/mol. The Morgan fingerprint density at radius 3 is 2.46 bits per heavy atom. The molecule has 0 radical (unpaired) electrons. The summed E-state index contributed by atoms with van der Waals surface area (Å²) in [5.74, 6) is -0.404. The molecular weight excluding hydrogens is 355 g/mol. The molecule has 0 unspecified atom stereocenters. The molecule has 0 amide bonds. The molecule has 0 atom stereocenters. The molecule has 26 heavy (non-hydrogen) atoms.